The van der Waals surface area contributed by atoms with Gasteiger partial charge in [0.2, 0.25) is 5.91 Å². The smallest absolute Gasteiger partial charge is 0.221 e. The van der Waals surface area contributed by atoms with Crippen LogP contribution < -0.4 is 11.1 Å². The first-order valence-electron chi connectivity index (χ1n) is 7.39. The van der Waals surface area contributed by atoms with Crippen LogP contribution in [-0.4, -0.2) is 18.0 Å². The summed E-state index contributed by atoms with van der Waals surface area (Å²) >= 11 is 0. The van der Waals surface area contributed by atoms with Gasteiger partial charge in [-0.05, 0) is 30.6 Å². The predicted molar refractivity (Wildman–Crippen MR) is 76.2 cm³/mol. The summed E-state index contributed by atoms with van der Waals surface area (Å²) in [6.07, 6.45) is 4.83. The summed E-state index contributed by atoms with van der Waals surface area (Å²) in [7, 11) is 0. The highest BCUT2D eigenvalue weighted by molar-refractivity contribution is 5.77. The summed E-state index contributed by atoms with van der Waals surface area (Å²) in [5.74, 6) is 1.88. The number of nitrogens with one attached hydrogen (secondary N) is 1. The van der Waals surface area contributed by atoms with Crippen molar-refractivity contribution in [2.75, 3.05) is 6.54 Å². The molecule has 0 saturated heterocycles. The summed E-state index contributed by atoms with van der Waals surface area (Å²) < 4.78 is 0. The monoisotopic (exact) mass is 254 g/mol. The van der Waals surface area contributed by atoms with Gasteiger partial charge in [0.05, 0.1) is 0 Å². The number of hydrogen-bond donors (Lipinski definition) is 2. The molecule has 0 spiro atoms. The van der Waals surface area contributed by atoms with Crippen molar-refractivity contribution in [3.63, 3.8) is 0 Å². The van der Waals surface area contributed by atoms with Crippen molar-refractivity contribution in [3.05, 3.63) is 0 Å². The molecule has 1 aliphatic carbocycles. The molecule has 0 aromatic rings. The van der Waals surface area contributed by atoms with Crippen molar-refractivity contribution in [3.8, 4) is 0 Å². The van der Waals surface area contributed by atoms with E-state index in [1.165, 1.54) is 12.8 Å². The average Bonchev–Trinajstić information content (AvgIpc) is 2.63. The molecule has 1 amide bonds. The van der Waals surface area contributed by atoms with E-state index in [1.54, 1.807) is 0 Å². The second-order valence-corrected chi connectivity index (χ2v) is 6.70. The lowest BCUT2D eigenvalue weighted by molar-refractivity contribution is -0.122. The van der Waals surface area contributed by atoms with Crippen LogP contribution in [0.15, 0.2) is 0 Å². The molecule has 0 aromatic heterocycles. The summed E-state index contributed by atoms with van der Waals surface area (Å²) in [5, 5.41) is 3.08. The third kappa shape index (κ3) is 4.60. The maximum atomic E-state index is 12.0. The Balaban J connectivity index is 2.36. The van der Waals surface area contributed by atoms with Gasteiger partial charge in [-0.15, -0.1) is 0 Å². The molecule has 1 aliphatic rings. The highest BCUT2D eigenvalue weighted by atomic mass is 16.1. The van der Waals surface area contributed by atoms with Crippen molar-refractivity contribution in [1.29, 1.82) is 0 Å². The van der Waals surface area contributed by atoms with Gasteiger partial charge in [-0.2, -0.15) is 0 Å². The number of carbonyl (C=O) groups is 1. The second kappa shape index (κ2) is 6.55. The molecule has 0 heterocycles. The Labute approximate surface area is 112 Å². The van der Waals surface area contributed by atoms with E-state index in [4.69, 9.17) is 5.73 Å². The highest BCUT2D eigenvalue weighted by Gasteiger charge is 2.31. The van der Waals surface area contributed by atoms with Gasteiger partial charge in [-0.1, -0.05) is 40.5 Å². The Morgan fingerprint density at radius 2 is 1.67 bits per heavy atom. The Hall–Kier alpha value is -0.570. The van der Waals surface area contributed by atoms with E-state index in [9.17, 15) is 4.79 Å². The lowest BCUT2D eigenvalue weighted by Crippen LogP contribution is -2.43. The van der Waals surface area contributed by atoms with Crippen LogP contribution in [0.4, 0.5) is 0 Å². The second-order valence-electron chi connectivity index (χ2n) is 6.70. The zero-order chi connectivity index (χ0) is 13.8. The van der Waals surface area contributed by atoms with Crippen LogP contribution in [0.1, 0.15) is 59.8 Å². The van der Waals surface area contributed by atoms with E-state index in [0.717, 1.165) is 19.4 Å². The molecular formula is C15H30N2O. The number of carbonyl (C=O) groups excluding carboxylic acids is 1. The van der Waals surface area contributed by atoms with Crippen LogP contribution in [-0.2, 0) is 4.79 Å². The minimum absolute atomic E-state index is 0.130. The number of rotatable bonds is 6. The van der Waals surface area contributed by atoms with Crippen LogP contribution in [0.3, 0.4) is 0 Å². The third-order valence-corrected chi connectivity index (χ3v) is 4.36. The molecule has 3 N–H and O–H groups in total. The van der Waals surface area contributed by atoms with Gasteiger partial charge in [-0.3, -0.25) is 4.79 Å². The van der Waals surface area contributed by atoms with Gasteiger partial charge in [0.1, 0.15) is 0 Å². The third-order valence-electron chi connectivity index (χ3n) is 4.36. The summed E-state index contributed by atoms with van der Waals surface area (Å²) in [6, 6.07) is 0. The average molecular weight is 254 g/mol. The molecule has 18 heavy (non-hydrogen) atoms. The maximum Gasteiger partial charge on any atom is 0.221 e. The van der Waals surface area contributed by atoms with Gasteiger partial charge in [-0.25, -0.2) is 0 Å². The lowest BCUT2D eigenvalue weighted by Gasteiger charge is -2.27. The fourth-order valence-electron chi connectivity index (χ4n) is 3.11. The van der Waals surface area contributed by atoms with Crippen molar-refractivity contribution in [2.24, 2.45) is 23.5 Å². The molecule has 0 bridgehead atoms. The van der Waals surface area contributed by atoms with Crippen molar-refractivity contribution in [1.82, 2.24) is 5.32 Å². The SMILES string of the molecule is CC(C)C(CNC(=O)CC1(N)CCCC1)C(C)C. The standard InChI is InChI=1S/C15H30N2O/c1-11(2)13(12(3)4)10-17-14(18)9-15(16)7-5-6-8-15/h11-13H,5-10,16H2,1-4H3,(H,17,18). The molecule has 0 unspecified atom stereocenters. The van der Waals surface area contributed by atoms with Crippen LogP contribution in [0, 0.1) is 17.8 Å². The number of hydrogen-bond acceptors (Lipinski definition) is 2. The molecule has 1 rings (SSSR count). The van der Waals surface area contributed by atoms with E-state index in [1.807, 2.05) is 0 Å². The molecular weight excluding hydrogens is 224 g/mol. The van der Waals surface area contributed by atoms with Gasteiger partial charge < -0.3 is 11.1 Å². The fraction of sp³-hybridized carbons (Fsp3) is 0.933. The quantitative estimate of drug-likeness (QED) is 0.765. The summed E-state index contributed by atoms with van der Waals surface area (Å²) in [5.41, 5.74) is 6.00. The summed E-state index contributed by atoms with van der Waals surface area (Å²) in [4.78, 5) is 12.0. The van der Waals surface area contributed by atoms with Crippen LogP contribution >= 0.6 is 0 Å². The zero-order valence-electron chi connectivity index (χ0n) is 12.5. The Morgan fingerprint density at radius 3 is 2.11 bits per heavy atom. The van der Waals surface area contributed by atoms with Crippen LogP contribution in [0.5, 0.6) is 0 Å². The van der Waals surface area contributed by atoms with E-state index in [-0.39, 0.29) is 11.4 Å². The molecule has 106 valence electrons. The van der Waals surface area contributed by atoms with E-state index >= 15 is 0 Å². The first-order chi connectivity index (χ1) is 8.34. The van der Waals surface area contributed by atoms with Gasteiger partial charge in [0, 0.05) is 18.5 Å². The Morgan fingerprint density at radius 1 is 1.17 bits per heavy atom. The minimum atomic E-state index is -0.227. The van der Waals surface area contributed by atoms with Gasteiger partial charge in [0.25, 0.3) is 0 Å². The van der Waals surface area contributed by atoms with Crippen molar-refractivity contribution < 1.29 is 4.79 Å². The lowest BCUT2D eigenvalue weighted by atomic mass is 9.85. The highest BCUT2D eigenvalue weighted by Crippen LogP contribution is 2.30. The molecule has 0 aromatic carbocycles. The zero-order valence-corrected chi connectivity index (χ0v) is 12.5. The molecule has 0 aliphatic heterocycles. The normalized spacial score (nSPS) is 18.9. The molecule has 1 saturated carbocycles. The van der Waals surface area contributed by atoms with E-state index in [0.29, 0.717) is 24.2 Å². The van der Waals surface area contributed by atoms with E-state index in [2.05, 4.69) is 33.0 Å². The molecule has 0 atom stereocenters. The molecule has 3 heteroatoms. The largest absolute Gasteiger partial charge is 0.356 e. The maximum absolute atomic E-state index is 12.0. The molecule has 0 radical (unpaired) electrons. The Bertz CT molecular complexity index is 260. The summed E-state index contributed by atoms with van der Waals surface area (Å²) in [6.45, 7) is 9.66. The first kappa shape index (κ1) is 15.5. The van der Waals surface area contributed by atoms with Crippen LogP contribution in [0.2, 0.25) is 0 Å². The fourth-order valence-corrected chi connectivity index (χ4v) is 3.11. The molecule has 1 fully saturated rings. The van der Waals surface area contributed by atoms with E-state index < -0.39 is 0 Å². The predicted octanol–water partition coefficient (Wildman–Crippen LogP) is 2.69. The van der Waals surface area contributed by atoms with Gasteiger partial charge in [0.15, 0.2) is 0 Å². The number of amides is 1. The topological polar surface area (TPSA) is 55.1 Å². The Kier molecular flexibility index (Phi) is 5.64. The van der Waals surface area contributed by atoms with Crippen LogP contribution in [0.25, 0.3) is 0 Å². The van der Waals surface area contributed by atoms with Crippen molar-refractivity contribution in [2.45, 2.75) is 65.3 Å². The van der Waals surface area contributed by atoms with Crippen molar-refractivity contribution >= 4 is 5.91 Å². The molecule has 3 nitrogen and oxygen atoms in total. The minimum Gasteiger partial charge on any atom is -0.356 e. The first-order valence-corrected chi connectivity index (χ1v) is 7.39. The van der Waals surface area contributed by atoms with Gasteiger partial charge >= 0.3 is 0 Å². The number of nitrogens with two attached hydrogens (primary N) is 1.